The predicted octanol–water partition coefficient (Wildman–Crippen LogP) is 2.32. The second-order valence-electron chi connectivity index (χ2n) is 5.40. The van der Waals surface area contributed by atoms with E-state index in [2.05, 4.69) is 34.2 Å². The van der Waals surface area contributed by atoms with Gasteiger partial charge in [-0.1, -0.05) is 30.7 Å². The van der Waals surface area contributed by atoms with Gasteiger partial charge in [0.15, 0.2) is 0 Å². The fraction of sp³-hybridized carbons (Fsp3) is 0.600. The van der Waals surface area contributed by atoms with Crippen molar-refractivity contribution in [3.05, 3.63) is 29.3 Å². The minimum atomic E-state index is 0.705. The molecule has 1 aromatic rings. The second-order valence-corrected chi connectivity index (χ2v) is 5.81. The molecule has 1 fully saturated rings. The molecule has 0 spiro atoms. The van der Waals surface area contributed by atoms with Crippen LogP contribution in [-0.2, 0) is 0 Å². The SMILES string of the molecule is CNCC(C)CN1CCN(c2ccccc2Cl)CC1. The van der Waals surface area contributed by atoms with E-state index in [-0.39, 0.29) is 0 Å². The Balaban J connectivity index is 1.84. The van der Waals surface area contributed by atoms with E-state index < -0.39 is 0 Å². The third kappa shape index (κ3) is 4.10. The van der Waals surface area contributed by atoms with E-state index in [1.54, 1.807) is 0 Å². The molecule has 0 aromatic heterocycles. The monoisotopic (exact) mass is 281 g/mol. The summed E-state index contributed by atoms with van der Waals surface area (Å²) in [4.78, 5) is 4.94. The standard InChI is InChI=1S/C15H24ClN3/c1-13(11-17-2)12-18-7-9-19(10-8-18)15-6-4-3-5-14(15)16/h3-6,13,17H,7-12H2,1-2H3. The minimum Gasteiger partial charge on any atom is -0.368 e. The van der Waals surface area contributed by atoms with Crippen LogP contribution in [0.3, 0.4) is 0 Å². The molecule has 1 atom stereocenters. The van der Waals surface area contributed by atoms with Gasteiger partial charge in [0.1, 0.15) is 0 Å². The summed E-state index contributed by atoms with van der Waals surface area (Å²) in [6.45, 7) is 8.95. The third-order valence-electron chi connectivity index (χ3n) is 3.69. The van der Waals surface area contributed by atoms with Gasteiger partial charge in [0, 0.05) is 32.7 Å². The molecular weight excluding hydrogens is 258 g/mol. The van der Waals surface area contributed by atoms with Gasteiger partial charge in [-0.25, -0.2) is 0 Å². The van der Waals surface area contributed by atoms with Crippen LogP contribution in [0.5, 0.6) is 0 Å². The molecule has 19 heavy (non-hydrogen) atoms. The summed E-state index contributed by atoms with van der Waals surface area (Å²) < 4.78 is 0. The summed E-state index contributed by atoms with van der Waals surface area (Å²) in [5, 5.41) is 4.11. The fourth-order valence-corrected chi connectivity index (χ4v) is 2.99. The van der Waals surface area contributed by atoms with E-state index in [1.165, 1.54) is 12.2 Å². The Kier molecular flexibility index (Phi) is 5.49. The van der Waals surface area contributed by atoms with Crippen LogP contribution in [0.25, 0.3) is 0 Å². The van der Waals surface area contributed by atoms with Crippen molar-refractivity contribution in [1.29, 1.82) is 0 Å². The number of piperazine rings is 1. The van der Waals surface area contributed by atoms with Crippen molar-refractivity contribution >= 4 is 17.3 Å². The van der Waals surface area contributed by atoms with Gasteiger partial charge in [-0.15, -0.1) is 0 Å². The number of halogens is 1. The van der Waals surface area contributed by atoms with Gasteiger partial charge in [0.2, 0.25) is 0 Å². The molecule has 2 rings (SSSR count). The maximum Gasteiger partial charge on any atom is 0.0639 e. The Morgan fingerprint density at radius 2 is 1.89 bits per heavy atom. The second kappa shape index (κ2) is 7.13. The number of anilines is 1. The van der Waals surface area contributed by atoms with E-state index in [4.69, 9.17) is 11.6 Å². The molecule has 1 N–H and O–H groups in total. The predicted molar refractivity (Wildman–Crippen MR) is 83.2 cm³/mol. The lowest BCUT2D eigenvalue weighted by atomic mass is 10.1. The van der Waals surface area contributed by atoms with E-state index in [9.17, 15) is 0 Å². The third-order valence-corrected chi connectivity index (χ3v) is 4.01. The van der Waals surface area contributed by atoms with E-state index in [0.29, 0.717) is 5.92 Å². The highest BCUT2D eigenvalue weighted by Gasteiger charge is 2.19. The Morgan fingerprint density at radius 1 is 1.21 bits per heavy atom. The Hall–Kier alpha value is -0.770. The van der Waals surface area contributed by atoms with Crippen molar-refractivity contribution in [3.63, 3.8) is 0 Å². The maximum atomic E-state index is 6.26. The minimum absolute atomic E-state index is 0.705. The summed E-state index contributed by atoms with van der Waals surface area (Å²) >= 11 is 6.26. The average molecular weight is 282 g/mol. The number of para-hydroxylation sites is 1. The van der Waals surface area contributed by atoms with Gasteiger partial charge in [0.05, 0.1) is 10.7 Å². The molecular formula is C15H24ClN3. The van der Waals surface area contributed by atoms with Crippen LogP contribution in [0.4, 0.5) is 5.69 Å². The number of rotatable bonds is 5. The highest BCUT2D eigenvalue weighted by atomic mass is 35.5. The molecule has 1 saturated heterocycles. The quantitative estimate of drug-likeness (QED) is 0.894. The summed E-state index contributed by atoms with van der Waals surface area (Å²) in [5.74, 6) is 0.705. The van der Waals surface area contributed by atoms with E-state index in [1.807, 2.05) is 19.2 Å². The maximum absolute atomic E-state index is 6.26. The molecule has 0 bridgehead atoms. The summed E-state index contributed by atoms with van der Waals surface area (Å²) in [7, 11) is 2.02. The Bertz CT molecular complexity index is 389. The summed E-state index contributed by atoms with van der Waals surface area (Å²) in [5.41, 5.74) is 1.17. The van der Waals surface area contributed by atoms with Gasteiger partial charge in [-0.05, 0) is 31.6 Å². The first-order chi connectivity index (χ1) is 9.20. The van der Waals surface area contributed by atoms with Crippen LogP contribution in [0, 0.1) is 5.92 Å². The lowest BCUT2D eigenvalue weighted by molar-refractivity contribution is 0.224. The lowest BCUT2D eigenvalue weighted by Crippen LogP contribution is -2.48. The fourth-order valence-electron chi connectivity index (χ4n) is 2.73. The average Bonchev–Trinajstić information content (AvgIpc) is 2.41. The highest BCUT2D eigenvalue weighted by Crippen LogP contribution is 2.26. The largest absolute Gasteiger partial charge is 0.368 e. The summed E-state index contributed by atoms with van der Waals surface area (Å²) in [6, 6.07) is 8.13. The van der Waals surface area contributed by atoms with Crippen molar-refractivity contribution < 1.29 is 0 Å². The topological polar surface area (TPSA) is 18.5 Å². The molecule has 4 heteroatoms. The zero-order chi connectivity index (χ0) is 13.7. The van der Waals surface area contributed by atoms with Crippen molar-refractivity contribution in [2.24, 2.45) is 5.92 Å². The van der Waals surface area contributed by atoms with Crippen LogP contribution in [-0.4, -0.2) is 51.2 Å². The van der Waals surface area contributed by atoms with Crippen molar-refractivity contribution in [1.82, 2.24) is 10.2 Å². The normalized spacial score (nSPS) is 18.6. The van der Waals surface area contributed by atoms with Gasteiger partial charge >= 0.3 is 0 Å². The first-order valence-corrected chi connectivity index (χ1v) is 7.45. The molecule has 0 amide bonds. The Labute approximate surface area is 121 Å². The van der Waals surface area contributed by atoms with Gasteiger partial charge in [-0.3, -0.25) is 4.90 Å². The molecule has 1 unspecified atom stereocenters. The molecule has 1 aromatic carbocycles. The summed E-state index contributed by atoms with van der Waals surface area (Å²) in [6.07, 6.45) is 0. The van der Waals surface area contributed by atoms with Crippen molar-refractivity contribution in [3.8, 4) is 0 Å². The van der Waals surface area contributed by atoms with Crippen molar-refractivity contribution in [2.75, 3.05) is 51.2 Å². The van der Waals surface area contributed by atoms with E-state index in [0.717, 1.165) is 37.7 Å². The number of nitrogens with one attached hydrogen (secondary N) is 1. The number of nitrogens with zero attached hydrogens (tertiary/aromatic N) is 2. The molecule has 0 radical (unpaired) electrons. The zero-order valence-corrected chi connectivity index (χ0v) is 12.7. The van der Waals surface area contributed by atoms with Crippen LogP contribution in [0.2, 0.25) is 5.02 Å². The van der Waals surface area contributed by atoms with Crippen LogP contribution in [0.15, 0.2) is 24.3 Å². The first-order valence-electron chi connectivity index (χ1n) is 7.07. The highest BCUT2D eigenvalue weighted by molar-refractivity contribution is 6.33. The van der Waals surface area contributed by atoms with Crippen LogP contribution in [0.1, 0.15) is 6.92 Å². The molecule has 106 valence electrons. The Morgan fingerprint density at radius 3 is 2.53 bits per heavy atom. The zero-order valence-electron chi connectivity index (χ0n) is 11.9. The molecule has 1 aliphatic heterocycles. The number of benzene rings is 1. The number of hydrogen-bond donors (Lipinski definition) is 1. The van der Waals surface area contributed by atoms with E-state index >= 15 is 0 Å². The molecule has 1 aliphatic rings. The van der Waals surface area contributed by atoms with Gasteiger partial charge < -0.3 is 10.2 Å². The molecule has 3 nitrogen and oxygen atoms in total. The molecule has 0 aliphatic carbocycles. The van der Waals surface area contributed by atoms with Crippen LogP contribution >= 0.6 is 11.6 Å². The lowest BCUT2D eigenvalue weighted by Gasteiger charge is -2.37. The number of hydrogen-bond acceptors (Lipinski definition) is 3. The smallest absolute Gasteiger partial charge is 0.0639 e. The van der Waals surface area contributed by atoms with Gasteiger partial charge in [0.25, 0.3) is 0 Å². The van der Waals surface area contributed by atoms with Gasteiger partial charge in [-0.2, -0.15) is 0 Å². The molecule has 1 heterocycles. The molecule has 0 saturated carbocycles. The first kappa shape index (κ1) is 14.6. The van der Waals surface area contributed by atoms with Crippen LogP contribution < -0.4 is 10.2 Å². The van der Waals surface area contributed by atoms with Crippen molar-refractivity contribution in [2.45, 2.75) is 6.92 Å².